The molecule has 3 fully saturated rings. The van der Waals surface area contributed by atoms with Gasteiger partial charge in [0.05, 0.1) is 11.7 Å². The highest BCUT2D eigenvalue weighted by atomic mass is 32.2. The van der Waals surface area contributed by atoms with E-state index in [1.54, 1.807) is 4.31 Å². The Balaban J connectivity index is 1.41. The SMILES string of the molecule is CCCCS(=O)(=O)N1C[C@H]2CC[C@@H]1[C@H](C(=O)Nc1ccc(Cc3ccccc3)cc1)C2. The number of amides is 1. The first-order chi connectivity index (χ1) is 15.0. The van der Waals surface area contributed by atoms with Crippen LogP contribution in [0.3, 0.4) is 0 Å². The van der Waals surface area contributed by atoms with Crippen molar-refractivity contribution in [3.05, 3.63) is 65.7 Å². The molecule has 0 radical (unpaired) electrons. The number of nitrogens with zero attached hydrogens (tertiary/aromatic N) is 1. The molecule has 2 aromatic carbocycles. The number of sulfonamides is 1. The Morgan fingerprint density at radius 2 is 1.74 bits per heavy atom. The summed E-state index contributed by atoms with van der Waals surface area (Å²) >= 11 is 0. The summed E-state index contributed by atoms with van der Waals surface area (Å²) in [6.45, 7) is 2.58. The molecule has 6 heteroatoms. The number of fused-ring (bicyclic) bond motifs is 3. The van der Waals surface area contributed by atoms with Gasteiger partial charge in [0, 0.05) is 18.3 Å². The fourth-order valence-corrected chi connectivity index (χ4v) is 6.95. The van der Waals surface area contributed by atoms with E-state index in [0.717, 1.165) is 37.8 Å². The van der Waals surface area contributed by atoms with Gasteiger partial charge in [0.15, 0.2) is 0 Å². The van der Waals surface area contributed by atoms with Crippen LogP contribution in [0.4, 0.5) is 5.69 Å². The lowest BCUT2D eigenvalue weighted by molar-refractivity contribution is -0.125. The van der Waals surface area contributed by atoms with Crippen molar-refractivity contribution in [2.45, 2.75) is 51.5 Å². The van der Waals surface area contributed by atoms with Crippen molar-refractivity contribution >= 4 is 21.6 Å². The van der Waals surface area contributed by atoms with Crippen molar-refractivity contribution in [3.8, 4) is 0 Å². The molecule has 2 bridgehead atoms. The minimum Gasteiger partial charge on any atom is -0.326 e. The maximum atomic E-state index is 13.1. The Morgan fingerprint density at radius 1 is 1.03 bits per heavy atom. The van der Waals surface area contributed by atoms with E-state index in [9.17, 15) is 13.2 Å². The molecule has 166 valence electrons. The number of carbonyl (C=O) groups excluding carboxylic acids is 1. The minimum absolute atomic E-state index is 0.0547. The second-order valence-electron chi connectivity index (χ2n) is 8.94. The Hall–Kier alpha value is -2.18. The average Bonchev–Trinajstić information content (AvgIpc) is 2.80. The van der Waals surface area contributed by atoms with Gasteiger partial charge in [0.25, 0.3) is 0 Å². The third kappa shape index (κ3) is 5.18. The van der Waals surface area contributed by atoms with Gasteiger partial charge < -0.3 is 5.32 Å². The number of unbranched alkanes of at least 4 members (excludes halogenated alkanes) is 1. The molecule has 3 atom stereocenters. The van der Waals surface area contributed by atoms with E-state index >= 15 is 0 Å². The summed E-state index contributed by atoms with van der Waals surface area (Å²) in [6, 6.07) is 18.0. The molecule has 1 N–H and O–H groups in total. The topological polar surface area (TPSA) is 66.5 Å². The van der Waals surface area contributed by atoms with Crippen LogP contribution in [-0.4, -0.2) is 37.0 Å². The van der Waals surface area contributed by atoms with E-state index in [-0.39, 0.29) is 29.5 Å². The van der Waals surface area contributed by atoms with Crippen LogP contribution < -0.4 is 5.32 Å². The highest BCUT2D eigenvalue weighted by Gasteiger charge is 2.47. The Kier molecular flexibility index (Phi) is 6.77. The van der Waals surface area contributed by atoms with Crippen molar-refractivity contribution in [3.63, 3.8) is 0 Å². The lowest BCUT2D eigenvalue weighted by Gasteiger charge is -2.48. The molecule has 2 saturated heterocycles. The van der Waals surface area contributed by atoms with E-state index in [2.05, 4.69) is 17.4 Å². The standard InChI is InChI=1S/C25H32N2O3S/c1-2-3-15-31(29,30)27-18-21-11-14-24(27)23(17-21)25(28)26-22-12-9-20(10-13-22)16-19-7-5-4-6-8-19/h4-10,12-13,21,23-24H,2-3,11,14-18H2,1H3,(H,26,28)/t21-,23+,24+/m0/s1. The summed E-state index contributed by atoms with van der Waals surface area (Å²) in [6.07, 6.45) is 4.95. The number of nitrogens with one attached hydrogen (secondary N) is 1. The van der Waals surface area contributed by atoms with E-state index in [1.807, 2.05) is 49.4 Å². The Labute approximate surface area is 185 Å². The van der Waals surface area contributed by atoms with Gasteiger partial charge in [-0.1, -0.05) is 55.8 Å². The quantitative estimate of drug-likeness (QED) is 0.660. The molecule has 1 amide bonds. The summed E-state index contributed by atoms with van der Waals surface area (Å²) in [5.41, 5.74) is 3.21. The third-order valence-electron chi connectivity index (χ3n) is 6.65. The molecule has 1 aliphatic carbocycles. The number of hydrogen-bond donors (Lipinski definition) is 1. The lowest BCUT2D eigenvalue weighted by atomic mass is 9.73. The van der Waals surface area contributed by atoms with Crippen molar-refractivity contribution < 1.29 is 13.2 Å². The molecule has 3 aliphatic rings. The van der Waals surface area contributed by atoms with Gasteiger partial charge in [-0.3, -0.25) is 4.79 Å². The molecule has 0 spiro atoms. The molecule has 0 unspecified atom stereocenters. The van der Waals surface area contributed by atoms with Gasteiger partial charge in [-0.15, -0.1) is 0 Å². The van der Waals surface area contributed by atoms with Crippen molar-refractivity contribution in [2.24, 2.45) is 11.8 Å². The molecular weight excluding hydrogens is 408 g/mol. The van der Waals surface area contributed by atoms with Crippen molar-refractivity contribution in [2.75, 3.05) is 17.6 Å². The van der Waals surface area contributed by atoms with Crippen LogP contribution in [0.5, 0.6) is 0 Å². The lowest BCUT2D eigenvalue weighted by Crippen LogP contribution is -2.58. The predicted molar refractivity (Wildman–Crippen MR) is 124 cm³/mol. The maximum absolute atomic E-state index is 13.1. The first-order valence-corrected chi connectivity index (χ1v) is 13.0. The fraction of sp³-hybridized carbons (Fsp3) is 0.480. The van der Waals surface area contributed by atoms with Crippen LogP contribution in [0.2, 0.25) is 0 Å². The van der Waals surface area contributed by atoms with Crippen LogP contribution in [0.15, 0.2) is 54.6 Å². The number of benzene rings is 2. The van der Waals surface area contributed by atoms with Crippen LogP contribution >= 0.6 is 0 Å². The highest BCUT2D eigenvalue weighted by Crippen LogP contribution is 2.41. The Bertz CT molecular complexity index is 989. The summed E-state index contributed by atoms with van der Waals surface area (Å²) in [7, 11) is -3.30. The van der Waals surface area contributed by atoms with Crippen molar-refractivity contribution in [1.82, 2.24) is 4.31 Å². The van der Waals surface area contributed by atoms with E-state index in [0.29, 0.717) is 13.0 Å². The second-order valence-corrected chi connectivity index (χ2v) is 11.0. The number of hydrogen-bond acceptors (Lipinski definition) is 3. The monoisotopic (exact) mass is 440 g/mol. The molecule has 1 saturated carbocycles. The normalized spacial score (nSPS) is 23.6. The molecule has 2 heterocycles. The molecule has 5 nitrogen and oxygen atoms in total. The summed E-state index contributed by atoms with van der Waals surface area (Å²) in [5.74, 6) is 0.142. The number of rotatable bonds is 8. The maximum Gasteiger partial charge on any atom is 0.229 e. The van der Waals surface area contributed by atoms with Gasteiger partial charge in [0.2, 0.25) is 15.9 Å². The molecule has 0 aromatic heterocycles. The first-order valence-electron chi connectivity index (χ1n) is 11.4. The zero-order chi connectivity index (χ0) is 21.8. The van der Waals surface area contributed by atoms with Gasteiger partial charge in [0.1, 0.15) is 0 Å². The third-order valence-corrected chi connectivity index (χ3v) is 8.59. The largest absolute Gasteiger partial charge is 0.326 e. The van der Waals surface area contributed by atoms with Crippen LogP contribution in [0.1, 0.15) is 50.2 Å². The van der Waals surface area contributed by atoms with Gasteiger partial charge in [-0.05, 0) is 61.3 Å². The summed E-state index contributed by atoms with van der Waals surface area (Å²) < 4.78 is 27.3. The molecular formula is C25H32N2O3S. The van der Waals surface area contributed by atoms with Gasteiger partial charge >= 0.3 is 0 Å². The zero-order valence-corrected chi connectivity index (χ0v) is 19.0. The van der Waals surface area contributed by atoms with Gasteiger partial charge in [-0.2, -0.15) is 4.31 Å². The fourth-order valence-electron chi connectivity index (χ4n) is 4.96. The van der Waals surface area contributed by atoms with Gasteiger partial charge in [-0.25, -0.2) is 8.42 Å². The number of carbonyl (C=O) groups is 1. The second kappa shape index (κ2) is 9.53. The van der Waals surface area contributed by atoms with E-state index in [1.165, 1.54) is 11.1 Å². The molecule has 31 heavy (non-hydrogen) atoms. The first kappa shape index (κ1) is 22.0. The predicted octanol–water partition coefficient (Wildman–Crippen LogP) is 4.45. The van der Waals surface area contributed by atoms with Crippen molar-refractivity contribution in [1.29, 1.82) is 0 Å². The molecule has 5 rings (SSSR count). The van der Waals surface area contributed by atoms with Crippen LogP contribution in [-0.2, 0) is 21.2 Å². The highest BCUT2D eigenvalue weighted by molar-refractivity contribution is 7.89. The Morgan fingerprint density at radius 3 is 2.42 bits per heavy atom. The van der Waals surface area contributed by atoms with Crippen LogP contribution in [0, 0.1) is 11.8 Å². The molecule has 2 aromatic rings. The molecule has 2 aliphatic heterocycles. The minimum atomic E-state index is -3.30. The number of piperidine rings is 2. The number of anilines is 1. The van der Waals surface area contributed by atoms with Crippen LogP contribution in [0.25, 0.3) is 0 Å². The summed E-state index contributed by atoms with van der Waals surface area (Å²) in [5, 5.41) is 3.04. The smallest absolute Gasteiger partial charge is 0.229 e. The zero-order valence-electron chi connectivity index (χ0n) is 18.2. The average molecular weight is 441 g/mol. The summed E-state index contributed by atoms with van der Waals surface area (Å²) in [4.78, 5) is 13.1. The van der Waals surface area contributed by atoms with E-state index in [4.69, 9.17) is 0 Å². The van der Waals surface area contributed by atoms with E-state index < -0.39 is 10.0 Å².